The lowest BCUT2D eigenvalue weighted by atomic mass is 10.5. The molecule has 54 valence electrons. The van der Waals surface area contributed by atoms with Crippen LogP contribution in [0.5, 0.6) is 0 Å². The average Bonchev–Trinajstić information content (AvgIpc) is 1.89. The lowest BCUT2D eigenvalue weighted by Crippen LogP contribution is -2.19. The Morgan fingerprint density at radius 3 is 2.78 bits per heavy atom. The molecule has 0 bridgehead atoms. The quantitative estimate of drug-likeness (QED) is 0.308. The molecule has 0 saturated carbocycles. The van der Waals surface area contributed by atoms with Crippen LogP contribution in [0.25, 0.3) is 0 Å². The van der Waals surface area contributed by atoms with Crippen LogP contribution in [-0.4, -0.2) is 31.7 Å². The van der Waals surface area contributed by atoms with Crippen molar-refractivity contribution in [3.63, 3.8) is 0 Å². The molecule has 0 aromatic carbocycles. The van der Waals surface area contributed by atoms with Crippen molar-refractivity contribution in [2.45, 2.75) is 13.3 Å². The van der Waals surface area contributed by atoms with E-state index in [1.807, 2.05) is 6.92 Å². The van der Waals surface area contributed by atoms with Crippen LogP contribution in [0.2, 0.25) is 0 Å². The van der Waals surface area contributed by atoms with Gasteiger partial charge in [0.1, 0.15) is 6.73 Å². The average molecular weight is 131 g/mol. The molecule has 0 spiro atoms. The molecule has 0 aliphatic carbocycles. The minimum Gasteiger partial charge on any atom is -0.361 e. The van der Waals surface area contributed by atoms with Gasteiger partial charge in [-0.25, -0.2) is 0 Å². The second-order valence-electron chi connectivity index (χ2n) is 1.90. The molecule has 0 saturated heterocycles. The van der Waals surface area contributed by atoms with Gasteiger partial charge in [0.25, 0.3) is 0 Å². The molecular formula is C6H13NO2. The minimum atomic E-state index is 0.400. The lowest BCUT2D eigenvalue weighted by molar-refractivity contribution is -0.121. The van der Waals surface area contributed by atoms with Gasteiger partial charge >= 0.3 is 0 Å². The fourth-order valence-electron chi connectivity index (χ4n) is 0.383. The molecule has 0 radical (unpaired) electrons. The number of carbonyl (C=O) groups excluding carboxylic acids is 1. The molecule has 0 aliphatic rings. The number of amides is 1. The Bertz CT molecular complexity index is 75.5. The van der Waals surface area contributed by atoms with E-state index in [-0.39, 0.29) is 0 Å². The molecule has 0 atom stereocenters. The molecule has 0 aromatic rings. The number of carbonyl (C=O) groups is 1. The van der Waals surface area contributed by atoms with Gasteiger partial charge in [-0.2, -0.15) is 0 Å². The van der Waals surface area contributed by atoms with E-state index >= 15 is 0 Å². The van der Waals surface area contributed by atoms with E-state index in [4.69, 9.17) is 4.74 Å². The summed E-state index contributed by atoms with van der Waals surface area (Å²) in [6, 6.07) is 0. The molecule has 3 heteroatoms. The molecular weight excluding hydrogens is 118 g/mol. The third-order valence-electron chi connectivity index (χ3n) is 0.823. The summed E-state index contributed by atoms with van der Waals surface area (Å²) >= 11 is 0. The van der Waals surface area contributed by atoms with Crippen molar-refractivity contribution in [3.8, 4) is 0 Å². The van der Waals surface area contributed by atoms with Gasteiger partial charge in [-0.15, -0.1) is 0 Å². The van der Waals surface area contributed by atoms with E-state index in [2.05, 4.69) is 0 Å². The third-order valence-corrected chi connectivity index (χ3v) is 0.823. The highest BCUT2D eigenvalue weighted by atomic mass is 16.5. The third kappa shape index (κ3) is 5.30. The molecule has 3 nitrogen and oxygen atoms in total. The maximum Gasteiger partial charge on any atom is 0.211 e. The van der Waals surface area contributed by atoms with Gasteiger partial charge in [-0.3, -0.25) is 4.79 Å². The van der Waals surface area contributed by atoms with Crippen molar-refractivity contribution < 1.29 is 9.53 Å². The normalized spacial score (nSPS) is 9.11. The molecule has 0 N–H and O–H groups in total. The molecule has 9 heavy (non-hydrogen) atoms. The maximum absolute atomic E-state index is 9.94. The highest BCUT2D eigenvalue weighted by molar-refractivity contribution is 5.45. The van der Waals surface area contributed by atoms with E-state index in [0.717, 1.165) is 19.4 Å². The Hall–Kier alpha value is -0.570. The Kier molecular flexibility index (Phi) is 5.21. The van der Waals surface area contributed by atoms with Crippen molar-refractivity contribution in [1.29, 1.82) is 0 Å². The second kappa shape index (κ2) is 5.56. The maximum atomic E-state index is 9.94. The standard InChI is InChI=1S/C6H13NO2/c1-3-4-9-6-7(2)5-8/h5H,3-4,6H2,1-2H3. The predicted octanol–water partition coefficient (Wildman–Crippen LogP) is 0.459. The summed E-state index contributed by atoms with van der Waals surface area (Å²) < 4.78 is 5.03. The summed E-state index contributed by atoms with van der Waals surface area (Å²) in [4.78, 5) is 11.4. The first kappa shape index (κ1) is 8.43. The number of rotatable bonds is 5. The van der Waals surface area contributed by atoms with E-state index in [1.54, 1.807) is 7.05 Å². The van der Waals surface area contributed by atoms with Crippen LogP contribution in [-0.2, 0) is 9.53 Å². The van der Waals surface area contributed by atoms with E-state index in [1.165, 1.54) is 4.90 Å². The van der Waals surface area contributed by atoms with Gasteiger partial charge < -0.3 is 9.64 Å². The van der Waals surface area contributed by atoms with Crippen LogP contribution in [0.1, 0.15) is 13.3 Å². The molecule has 0 aliphatic heterocycles. The number of hydrogen-bond donors (Lipinski definition) is 0. The van der Waals surface area contributed by atoms with Gasteiger partial charge in [0, 0.05) is 13.7 Å². The van der Waals surface area contributed by atoms with Gasteiger partial charge in [-0.05, 0) is 6.42 Å². The fraction of sp³-hybridized carbons (Fsp3) is 0.833. The van der Waals surface area contributed by atoms with Crippen molar-refractivity contribution in [2.24, 2.45) is 0 Å². The van der Waals surface area contributed by atoms with Gasteiger partial charge in [0.2, 0.25) is 6.41 Å². The lowest BCUT2D eigenvalue weighted by Gasteiger charge is -2.09. The summed E-state index contributed by atoms with van der Waals surface area (Å²) in [6.45, 7) is 3.15. The van der Waals surface area contributed by atoms with Gasteiger partial charge in [-0.1, -0.05) is 6.92 Å². The zero-order valence-electron chi connectivity index (χ0n) is 5.96. The summed E-state index contributed by atoms with van der Waals surface area (Å²) in [6.07, 6.45) is 1.74. The minimum absolute atomic E-state index is 0.400. The Morgan fingerprint density at radius 2 is 2.33 bits per heavy atom. The van der Waals surface area contributed by atoms with E-state index < -0.39 is 0 Å². The summed E-state index contributed by atoms with van der Waals surface area (Å²) in [5.41, 5.74) is 0. The predicted molar refractivity (Wildman–Crippen MR) is 34.9 cm³/mol. The molecule has 1 amide bonds. The SMILES string of the molecule is CCCOCN(C)C=O. The van der Waals surface area contributed by atoms with Crippen LogP contribution < -0.4 is 0 Å². The molecule has 0 aromatic heterocycles. The topological polar surface area (TPSA) is 29.5 Å². The first-order chi connectivity index (χ1) is 4.31. The van der Waals surface area contributed by atoms with Crippen molar-refractivity contribution in [2.75, 3.05) is 20.4 Å². The van der Waals surface area contributed by atoms with Gasteiger partial charge in [0.15, 0.2) is 0 Å². The van der Waals surface area contributed by atoms with Crippen LogP contribution in [0, 0.1) is 0 Å². The second-order valence-corrected chi connectivity index (χ2v) is 1.90. The molecule has 0 unspecified atom stereocenters. The highest BCUT2D eigenvalue weighted by Gasteiger charge is 1.89. The van der Waals surface area contributed by atoms with Crippen molar-refractivity contribution in [3.05, 3.63) is 0 Å². The Morgan fingerprint density at radius 1 is 1.67 bits per heavy atom. The number of nitrogens with zero attached hydrogens (tertiary/aromatic N) is 1. The summed E-state index contributed by atoms with van der Waals surface area (Å²) in [7, 11) is 1.68. The first-order valence-corrected chi connectivity index (χ1v) is 3.04. The molecule has 0 fully saturated rings. The zero-order valence-corrected chi connectivity index (χ0v) is 5.96. The van der Waals surface area contributed by atoms with Crippen LogP contribution in [0.4, 0.5) is 0 Å². The fourth-order valence-corrected chi connectivity index (χ4v) is 0.383. The number of hydrogen-bond acceptors (Lipinski definition) is 2. The highest BCUT2D eigenvalue weighted by Crippen LogP contribution is 1.81. The Labute approximate surface area is 55.6 Å². The van der Waals surface area contributed by atoms with Crippen LogP contribution in [0.15, 0.2) is 0 Å². The molecule has 0 heterocycles. The smallest absolute Gasteiger partial charge is 0.211 e. The molecule has 0 rings (SSSR count). The first-order valence-electron chi connectivity index (χ1n) is 3.04. The van der Waals surface area contributed by atoms with Crippen LogP contribution in [0.3, 0.4) is 0 Å². The van der Waals surface area contributed by atoms with Gasteiger partial charge in [0.05, 0.1) is 0 Å². The van der Waals surface area contributed by atoms with Crippen LogP contribution >= 0.6 is 0 Å². The zero-order chi connectivity index (χ0) is 7.11. The summed E-state index contributed by atoms with van der Waals surface area (Å²) in [5, 5.41) is 0. The van der Waals surface area contributed by atoms with E-state index in [0.29, 0.717) is 6.73 Å². The summed E-state index contributed by atoms with van der Waals surface area (Å²) in [5.74, 6) is 0. The van der Waals surface area contributed by atoms with Crippen molar-refractivity contribution in [1.82, 2.24) is 4.90 Å². The largest absolute Gasteiger partial charge is 0.361 e. The Balaban J connectivity index is 2.96. The van der Waals surface area contributed by atoms with Crippen molar-refractivity contribution >= 4 is 6.41 Å². The monoisotopic (exact) mass is 131 g/mol. The van der Waals surface area contributed by atoms with E-state index in [9.17, 15) is 4.79 Å². The number of ether oxygens (including phenoxy) is 1.